The fourth-order valence-electron chi connectivity index (χ4n) is 1.70. The van der Waals surface area contributed by atoms with Gasteiger partial charge in [-0.3, -0.25) is 4.79 Å². The molecule has 0 spiro atoms. The molecule has 18 heavy (non-hydrogen) atoms. The highest BCUT2D eigenvalue weighted by Crippen LogP contribution is 2.35. The van der Waals surface area contributed by atoms with Crippen LogP contribution in [0.5, 0.6) is 0 Å². The lowest BCUT2D eigenvalue weighted by molar-refractivity contribution is 0.0962. The zero-order valence-corrected chi connectivity index (χ0v) is 12.3. The van der Waals surface area contributed by atoms with E-state index in [1.165, 1.54) is 11.3 Å². The highest BCUT2D eigenvalue weighted by atomic mass is 79.9. The average Bonchev–Trinajstić information content (AvgIpc) is 2.66. The monoisotopic (exact) mass is 324 g/mol. The van der Waals surface area contributed by atoms with Crippen LogP contribution in [0.1, 0.15) is 15.2 Å². The maximum atomic E-state index is 12.0. The van der Waals surface area contributed by atoms with Gasteiger partial charge in [0.05, 0.1) is 5.69 Å². The van der Waals surface area contributed by atoms with Crippen molar-refractivity contribution < 1.29 is 4.79 Å². The minimum absolute atomic E-state index is 0.159. The number of nitrogen functional groups attached to an aromatic ring is 1. The standard InChI is InChI=1S/C13H13BrN2OS/c1-7-4-3-5-9-10(15)12(18-11(7)9)13(17)16-6-8(2)14/h3-5H,2,6,15H2,1H3,(H,16,17). The van der Waals surface area contributed by atoms with Gasteiger partial charge in [0.25, 0.3) is 5.91 Å². The second kappa shape index (κ2) is 5.12. The number of anilines is 1. The fourth-order valence-corrected chi connectivity index (χ4v) is 2.95. The van der Waals surface area contributed by atoms with E-state index in [0.717, 1.165) is 20.1 Å². The van der Waals surface area contributed by atoms with Crippen LogP contribution in [0.15, 0.2) is 29.3 Å². The molecule has 5 heteroatoms. The topological polar surface area (TPSA) is 55.1 Å². The number of benzene rings is 1. The van der Waals surface area contributed by atoms with Gasteiger partial charge in [-0.2, -0.15) is 0 Å². The summed E-state index contributed by atoms with van der Waals surface area (Å²) in [6.07, 6.45) is 0. The van der Waals surface area contributed by atoms with Gasteiger partial charge >= 0.3 is 0 Å². The molecule has 94 valence electrons. The van der Waals surface area contributed by atoms with Gasteiger partial charge in [0.2, 0.25) is 0 Å². The quantitative estimate of drug-likeness (QED) is 0.908. The van der Waals surface area contributed by atoms with E-state index in [4.69, 9.17) is 5.73 Å². The summed E-state index contributed by atoms with van der Waals surface area (Å²) in [4.78, 5) is 12.6. The third-order valence-corrected chi connectivity index (χ3v) is 4.23. The number of carbonyl (C=O) groups is 1. The number of halogens is 1. The molecule has 1 aromatic carbocycles. The van der Waals surface area contributed by atoms with E-state index >= 15 is 0 Å². The molecule has 0 saturated carbocycles. The molecule has 3 nitrogen and oxygen atoms in total. The maximum absolute atomic E-state index is 12.0. The van der Waals surface area contributed by atoms with Crippen LogP contribution in [0.4, 0.5) is 5.69 Å². The Morgan fingerprint density at radius 2 is 2.28 bits per heavy atom. The number of fused-ring (bicyclic) bond motifs is 1. The van der Waals surface area contributed by atoms with E-state index in [1.807, 2.05) is 25.1 Å². The van der Waals surface area contributed by atoms with Crippen molar-refractivity contribution in [3.8, 4) is 0 Å². The summed E-state index contributed by atoms with van der Waals surface area (Å²) in [5.74, 6) is -0.159. The molecule has 0 aliphatic carbocycles. The van der Waals surface area contributed by atoms with Crippen molar-refractivity contribution in [3.05, 3.63) is 39.7 Å². The molecule has 1 heterocycles. The number of thiophene rings is 1. The summed E-state index contributed by atoms with van der Waals surface area (Å²) in [5.41, 5.74) is 7.72. The summed E-state index contributed by atoms with van der Waals surface area (Å²) < 4.78 is 1.80. The number of amides is 1. The first-order chi connectivity index (χ1) is 8.50. The summed E-state index contributed by atoms with van der Waals surface area (Å²) in [5, 5.41) is 3.71. The molecule has 0 unspecified atom stereocenters. The average molecular weight is 325 g/mol. The van der Waals surface area contributed by atoms with E-state index in [1.54, 1.807) is 0 Å². The molecule has 0 radical (unpaired) electrons. The first-order valence-electron chi connectivity index (χ1n) is 5.39. The van der Waals surface area contributed by atoms with E-state index in [2.05, 4.69) is 27.8 Å². The normalized spacial score (nSPS) is 10.6. The van der Waals surface area contributed by atoms with Crippen LogP contribution in [0.2, 0.25) is 0 Å². The lowest BCUT2D eigenvalue weighted by Crippen LogP contribution is -2.24. The highest BCUT2D eigenvalue weighted by Gasteiger charge is 2.16. The lowest BCUT2D eigenvalue weighted by Gasteiger charge is -2.02. The molecule has 0 bridgehead atoms. The van der Waals surface area contributed by atoms with Crippen molar-refractivity contribution in [2.24, 2.45) is 0 Å². The van der Waals surface area contributed by atoms with E-state index < -0.39 is 0 Å². The molecule has 2 rings (SSSR count). The smallest absolute Gasteiger partial charge is 0.263 e. The Morgan fingerprint density at radius 1 is 1.56 bits per heavy atom. The zero-order chi connectivity index (χ0) is 13.3. The Labute approximate surface area is 118 Å². The van der Waals surface area contributed by atoms with Crippen LogP contribution in [0.25, 0.3) is 10.1 Å². The summed E-state index contributed by atoms with van der Waals surface area (Å²) >= 11 is 4.63. The van der Waals surface area contributed by atoms with Crippen molar-refractivity contribution in [1.82, 2.24) is 5.32 Å². The Kier molecular flexibility index (Phi) is 3.73. The highest BCUT2D eigenvalue weighted by molar-refractivity contribution is 9.11. The number of rotatable bonds is 3. The predicted octanol–water partition coefficient (Wildman–Crippen LogP) is 3.43. The molecule has 0 saturated heterocycles. The molecule has 0 aliphatic rings. The van der Waals surface area contributed by atoms with Gasteiger partial charge in [0.1, 0.15) is 4.88 Å². The Hall–Kier alpha value is -1.33. The Balaban J connectivity index is 2.40. The number of hydrogen-bond donors (Lipinski definition) is 2. The van der Waals surface area contributed by atoms with Crippen LogP contribution in [0.3, 0.4) is 0 Å². The second-order valence-corrected chi connectivity index (χ2v) is 6.14. The molecule has 0 aliphatic heterocycles. The van der Waals surface area contributed by atoms with Crippen molar-refractivity contribution in [2.45, 2.75) is 6.92 Å². The molecule has 3 N–H and O–H groups in total. The SMILES string of the molecule is C=C(Br)CNC(=O)c1sc2c(C)cccc2c1N. The summed E-state index contributed by atoms with van der Waals surface area (Å²) in [7, 11) is 0. The number of aryl methyl sites for hydroxylation is 1. The molecule has 0 atom stereocenters. The third kappa shape index (κ3) is 2.42. The first kappa shape index (κ1) is 13.1. The molecule has 0 fully saturated rings. The van der Waals surface area contributed by atoms with Gasteiger partial charge in [-0.05, 0) is 12.5 Å². The Morgan fingerprint density at radius 3 is 2.89 bits per heavy atom. The number of nitrogens with one attached hydrogen (secondary N) is 1. The van der Waals surface area contributed by atoms with Gasteiger partial charge in [0, 0.05) is 21.1 Å². The van der Waals surface area contributed by atoms with Crippen molar-refractivity contribution >= 4 is 48.9 Å². The molecular formula is C13H13BrN2OS. The van der Waals surface area contributed by atoms with Gasteiger partial charge < -0.3 is 11.1 Å². The minimum atomic E-state index is -0.159. The van der Waals surface area contributed by atoms with Crippen LogP contribution in [-0.4, -0.2) is 12.5 Å². The van der Waals surface area contributed by atoms with E-state index in [0.29, 0.717) is 17.1 Å². The van der Waals surface area contributed by atoms with Crippen molar-refractivity contribution in [2.75, 3.05) is 12.3 Å². The molecule has 1 aromatic heterocycles. The minimum Gasteiger partial charge on any atom is -0.397 e. The molecule has 2 aromatic rings. The van der Waals surface area contributed by atoms with Crippen LogP contribution >= 0.6 is 27.3 Å². The van der Waals surface area contributed by atoms with Crippen LogP contribution < -0.4 is 11.1 Å². The van der Waals surface area contributed by atoms with Crippen LogP contribution in [0, 0.1) is 6.92 Å². The van der Waals surface area contributed by atoms with Gasteiger partial charge in [0.15, 0.2) is 0 Å². The number of carbonyl (C=O) groups excluding carboxylic acids is 1. The third-order valence-electron chi connectivity index (χ3n) is 2.60. The number of nitrogens with two attached hydrogens (primary N) is 1. The lowest BCUT2D eigenvalue weighted by atomic mass is 10.1. The molecule has 1 amide bonds. The zero-order valence-electron chi connectivity index (χ0n) is 9.92. The Bertz CT molecular complexity index is 633. The summed E-state index contributed by atoms with van der Waals surface area (Å²) in [6.45, 7) is 6.08. The van der Waals surface area contributed by atoms with Gasteiger partial charge in [-0.1, -0.05) is 40.7 Å². The van der Waals surface area contributed by atoms with Crippen LogP contribution in [-0.2, 0) is 0 Å². The number of hydrogen-bond acceptors (Lipinski definition) is 3. The van der Waals surface area contributed by atoms with Crippen molar-refractivity contribution in [1.29, 1.82) is 0 Å². The van der Waals surface area contributed by atoms with E-state index in [-0.39, 0.29) is 5.91 Å². The first-order valence-corrected chi connectivity index (χ1v) is 7.00. The predicted molar refractivity (Wildman–Crippen MR) is 81.4 cm³/mol. The second-order valence-electron chi connectivity index (χ2n) is 4.00. The summed E-state index contributed by atoms with van der Waals surface area (Å²) in [6, 6.07) is 5.90. The van der Waals surface area contributed by atoms with Gasteiger partial charge in [-0.25, -0.2) is 0 Å². The van der Waals surface area contributed by atoms with Gasteiger partial charge in [-0.15, -0.1) is 11.3 Å². The largest absolute Gasteiger partial charge is 0.397 e. The fraction of sp³-hybridized carbons (Fsp3) is 0.154. The molecular weight excluding hydrogens is 312 g/mol. The van der Waals surface area contributed by atoms with Crippen molar-refractivity contribution in [3.63, 3.8) is 0 Å². The maximum Gasteiger partial charge on any atom is 0.263 e. The van der Waals surface area contributed by atoms with E-state index in [9.17, 15) is 4.79 Å².